The van der Waals surface area contributed by atoms with Gasteiger partial charge in [0, 0.05) is 6.54 Å². The average Bonchev–Trinajstić information content (AvgIpc) is 2.53. The second-order valence-corrected chi connectivity index (χ2v) is 5.06. The highest BCUT2D eigenvalue weighted by molar-refractivity contribution is 5.85. The number of nitrogens with one attached hydrogen (secondary N) is 1. The molecule has 0 bridgehead atoms. The summed E-state index contributed by atoms with van der Waals surface area (Å²) in [6, 6.07) is 17.2. The van der Waals surface area contributed by atoms with E-state index in [2.05, 4.69) is 5.32 Å². The number of methoxy groups -OCH3 is 1. The molecule has 2 aromatic carbocycles. The van der Waals surface area contributed by atoms with E-state index >= 15 is 0 Å². The molecule has 2 rings (SSSR count). The summed E-state index contributed by atoms with van der Waals surface area (Å²) in [4.78, 5) is 11.9. The van der Waals surface area contributed by atoms with Crippen LogP contribution in [0.5, 0.6) is 5.75 Å². The van der Waals surface area contributed by atoms with Gasteiger partial charge in [-0.1, -0.05) is 42.5 Å². The fourth-order valence-corrected chi connectivity index (χ4v) is 2.13. The largest absolute Gasteiger partial charge is 0.497 e. The molecule has 0 saturated carbocycles. The van der Waals surface area contributed by atoms with Gasteiger partial charge in [0.05, 0.1) is 7.11 Å². The topological polar surface area (TPSA) is 64.3 Å². The molecule has 0 aliphatic rings. The van der Waals surface area contributed by atoms with Crippen LogP contribution in [0.2, 0.25) is 0 Å². The fourth-order valence-electron chi connectivity index (χ4n) is 2.13. The summed E-state index contributed by atoms with van der Waals surface area (Å²) in [5.74, 6) is 0.331. The van der Waals surface area contributed by atoms with Crippen molar-refractivity contribution in [3.05, 3.63) is 65.7 Å². The van der Waals surface area contributed by atoms with E-state index in [0.717, 1.165) is 16.9 Å². The maximum atomic E-state index is 11.9. The van der Waals surface area contributed by atoms with Crippen LogP contribution in [0.3, 0.4) is 0 Å². The third-order valence-corrected chi connectivity index (χ3v) is 3.65. The summed E-state index contributed by atoms with van der Waals surface area (Å²) >= 11 is 0. The van der Waals surface area contributed by atoms with E-state index in [1.165, 1.54) is 0 Å². The van der Waals surface area contributed by atoms with Crippen LogP contribution < -0.4 is 15.8 Å². The highest BCUT2D eigenvalue weighted by Crippen LogP contribution is 2.23. The van der Waals surface area contributed by atoms with Crippen molar-refractivity contribution in [2.75, 3.05) is 7.11 Å². The number of hydrogen-bond acceptors (Lipinski definition) is 3. The number of ether oxygens (including phenoxy) is 1. The van der Waals surface area contributed by atoms with Crippen LogP contribution in [-0.2, 0) is 16.9 Å². The Morgan fingerprint density at radius 2 is 1.76 bits per heavy atom. The predicted molar refractivity (Wildman–Crippen MR) is 82.8 cm³/mol. The molecule has 0 saturated heterocycles. The summed E-state index contributed by atoms with van der Waals surface area (Å²) in [5, 5.41) is 3.25. The minimum Gasteiger partial charge on any atom is -0.497 e. The molecule has 0 heterocycles. The quantitative estimate of drug-likeness (QED) is 0.854. The Kier molecular flexibility index (Phi) is 4.60. The normalized spacial score (nSPS) is 13.4. The standard InChI is InChI=1S/C17H20N2O2/c1-17(16(18)20,14-8-10-15(21-2)11-9-14)19-12-13-6-4-3-5-7-13/h3-11,19H,12H2,1-2H3,(H2,18,20). The molecule has 0 aliphatic carbocycles. The molecule has 21 heavy (non-hydrogen) atoms. The van der Waals surface area contributed by atoms with E-state index in [9.17, 15) is 4.79 Å². The molecular formula is C17H20N2O2. The molecule has 0 aromatic heterocycles. The number of carbonyl (C=O) groups excluding carboxylic acids is 1. The summed E-state index contributed by atoms with van der Waals surface area (Å²) in [5.41, 5.74) is 6.58. The lowest BCUT2D eigenvalue weighted by Gasteiger charge is -2.28. The van der Waals surface area contributed by atoms with E-state index in [0.29, 0.717) is 6.54 Å². The minimum atomic E-state index is -0.928. The molecule has 2 aromatic rings. The summed E-state index contributed by atoms with van der Waals surface area (Å²) in [7, 11) is 1.61. The average molecular weight is 284 g/mol. The molecule has 0 radical (unpaired) electrons. The number of hydrogen-bond donors (Lipinski definition) is 2. The Labute approximate surface area is 124 Å². The first-order valence-electron chi connectivity index (χ1n) is 6.79. The number of carbonyl (C=O) groups is 1. The third kappa shape index (κ3) is 3.41. The van der Waals surface area contributed by atoms with Crippen molar-refractivity contribution in [3.63, 3.8) is 0 Å². The number of primary amides is 1. The second kappa shape index (κ2) is 6.41. The van der Waals surface area contributed by atoms with Crippen LogP contribution in [0.1, 0.15) is 18.1 Å². The van der Waals surface area contributed by atoms with Gasteiger partial charge < -0.3 is 10.5 Å². The van der Waals surface area contributed by atoms with E-state index < -0.39 is 11.4 Å². The molecule has 0 spiro atoms. The second-order valence-electron chi connectivity index (χ2n) is 5.06. The van der Waals surface area contributed by atoms with Crippen molar-refractivity contribution in [3.8, 4) is 5.75 Å². The van der Waals surface area contributed by atoms with Gasteiger partial charge in [-0.15, -0.1) is 0 Å². The Balaban J connectivity index is 2.21. The van der Waals surface area contributed by atoms with Crippen molar-refractivity contribution >= 4 is 5.91 Å². The Morgan fingerprint density at radius 3 is 2.29 bits per heavy atom. The first kappa shape index (κ1) is 15.1. The van der Waals surface area contributed by atoms with Crippen LogP contribution in [0.4, 0.5) is 0 Å². The monoisotopic (exact) mass is 284 g/mol. The lowest BCUT2D eigenvalue weighted by Crippen LogP contribution is -2.50. The van der Waals surface area contributed by atoms with Crippen molar-refractivity contribution < 1.29 is 9.53 Å². The first-order chi connectivity index (χ1) is 10.1. The zero-order valence-electron chi connectivity index (χ0n) is 12.3. The predicted octanol–water partition coefficient (Wildman–Crippen LogP) is 2.19. The lowest BCUT2D eigenvalue weighted by molar-refractivity contribution is -0.124. The number of nitrogens with two attached hydrogens (primary N) is 1. The summed E-state index contributed by atoms with van der Waals surface area (Å²) in [6.45, 7) is 2.35. The van der Waals surface area contributed by atoms with E-state index in [1.54, 1.807) is 14.0 Å². The molecule has 1 amide bonds. The van der Waals surface area contributed by atoms with Crippen molar-refractivity contribution in [1.29, 1.82) is 0 Å². The van der Waals surface area contributed by atoms with Crippen molar-refractivity contribution in [1.82, 2.24) is 5.32 Å². The van der Waals surface area contributed by atoms with Crippen LogP contribution in [0, 0.1) is 0 Å². The van der Waals surface area contributed by atoms with Gasteiger partial charge >= 0.3 is 0 Å². The Morgan fingerprint density at radius 1 is 1.14 bits per heavy atom. The highest BCUT2D eigenvalue weighted by Gasteiger charge is 2.32. The zero-order valence-corrected chi connectivity index (χ0v) is 12.3. The van der Waals surface area contributed by atoms with Gasteiger partial charge in [-0.2, -0.15) is 0 Å². The first-order valence-corrected chi connectivity index (χ1v) is 6.79. The van der Waals surface area contributed by atoms with Gasteiger partial charge in [0.1, 0.15) is 11.3 Å². The van der Waals surface area contributed by atoms with Crippen LogP contribution >= 0.6 is 0 Å². The van der Waals surface area contributed by atoms with E-state index in [-0.39, 0.29) is 0 Å². The number of benzene rings is 2. The van der Waals surface area contributed by atoms with Gasteiger partial charge in [0.15, 0.2) is 0 Å². The molecule has 0 aliphatic heterocycles. The number of rotatable bonds is 6. The van der Waals surface area contributed by atoms with Crippen LogP contribution in [0.15, 0.2) is 54.6 Å². The molecule has 4 nitrogen and oxygen atoms in total. The van der Waals surface area contributed by atoms with Crippen LogP contribution in [0.25, 0.3) is 0 Å². The maximum Gasteiger partial charge on any atom is 0.242 e. The van der Waals surface area contributed by atoms with E-state index in [4.69, 9.17) is 10.5 Å². The molecule has 3 N–H and O–H groups in total. The van der Waals surface area contributed by atoms with Crippen molar-refractivity contribution in [2.45, 2.75) is 19.0 Å². The van der Waals surface area contributed by atoms with Gasteiger partial charge in [-0.25, -0.2) is 0 Å². The lowest BCUT2D eigenvalue weighted by atomic mass is 9.90. The molecular weight excluding hydrogens is 264 g/mol. The Bertz CT molecular complexity index is 596. The van der Waals surface area contributed by atoms with Gasteiger partial charge in [-0.3, -0.25) is 10.1 Å². The Hall–Kier alpha value is -2.33. The molecule has 1 atom stereocenters. The van der Waals surface area contributed by atoms with E-state index in [1.807, 2.05) is 54.6 Å². The van der Waals surface area contributed by atoms with Gasteiger partial charge in [0.2, 0.25) is 5.91 Å². The van der Waals surface area contributed by atoms with Crippen LogP contribution in [-0.4, -0.2) is 13.0 Å². The highest BCUT2D eigenvalue weighted by atomic mass is 16.5. The van der Waals surface area contributed by atoms with Gasteiger partial charge in [0.25, 0.3) is 0 Å². The smallest absolute Gasteiger partial charge is 0.242 e. The minimum absolute atomic E-state index is 0.413. The molecule has 4 heteroatoms. The molecule has 0 fully saturated rings. The third-order valence-electron chi connectivity index (χ3n) is 3.65. The molecule has 1 unspecified atom stereocenters. The number of amides is 1. The molecule has 110 valence electrons. The zero-order chi connectivity index (χ0) is 15.3. The summed E-state index contributed by atoms with van der Waals surface area (Å²) in [6.07, 6.45) is 0. The van der Waals surface area contributed by atoms with Crippen molar-refractivity contribution in [2.24, 2.45) is 5.73 Å². The summed E-state index contributed by atoms with van der Waals surface area (Å²) < 4.78 is 5.14. The van der Waals surface area contributed by atoms with Gasteiger partial charge in [-0.05, 0) is 30.2 Å². The SMILES string of the molecule is COc1ccc(C(C)(NCc2ccccc2)C(N)=O)cc1. The fraction of sp³-hybridized carbons (Fsp3) is 0.235. The maximum absolute atomic E-state index is 11.9.